The van der Waals surface area contributed by atoms with Gasteiger partial charge in [0.2, 0.25) is 5.88 Å². The van der Waals surface area contributed by atoms with Gasteiger partial charge in [0.25, 0.3) is 0 Å². The Hall–Kier alpha value is -1.85. The molecule has 1 aromatic rings. The summed E-state index contributed by atoms with van der Waals surface area (Å²) in [6.07, 6.45) is 11.1. The molecule has 2 aliphatic rings. The van der Waals surface area contributed by atoms with Gasteiger partial charge in [-0.2, -0.15) is 0 Å². The van der Waals surface area contributed by atoms with Crippen LogP contribution in [0.2, 0.25) is 0 Å². The lowest BCUT2D eigenvalue weighted by atomic mass is 9.96. The van der Waals surface area contributed by atoms with Crippen LogP contribution in [0.25, 0.3) is 0 Å². The first-order valence-electron chi connectivity index (χ1n) is 8.29. The smallest absolute Gasteiger partial charge is 0.317 e. The zero-order valence-corrected chi connectivity index (χ0v) is 12.9. The second-order valence-corrected chi connectivity index (χ2v) is 6.16. The maximum absolute atomic E-state index is 12.4. The van der Waals surface area contributed by atoms with E-state index in [1.807, 2.05) is 4.90 Å². The van der Waals surface area contributed by atoms with E-state index >= 15 is 0 Å². The number of urea groups is 1. The number of likely N-dealkylation sites (tertiary alicyclic amines) is 1. The van der Waals surface area contributed by atoms with Gasteiger partial charge in [0.15, 0.2) is 0 Å². The fourth-order valence-corrected chi connectivity index (χ4v) is 3.25. The van der Waals surface area contributed by atoms with E-state index in [4.69, 9.17) is 4.74 Å². The number of ether oxygens (including phenoxy) is 1. The average molecular weight is 304 g/mol. The van der Waals surface area contributed by atoms with Crippen LogP contribution in [-0.4, -0.2) is 46.1 Å². The van der Waals surface area contributed by atoms with Crippen LogP contribution in [0.15, 0.2) is 18.6 Å². The molecule has 2 fully saturated rings. The summed E-state index contributed by atoms with van der Waals surface area (Å²) in [6.45, 7) is 1.44. The van der Waals surface area contributed by atoms with E-state index in [1.165, 1.54) is 25.6 Å². The summed E-state index contributed by atoms with van der Waals surface area (Å²) in [6, 6.07) is 2.16. The molecule has 1 atom stereocenters. The number of amides is 2. The molecule has 6 nitrogen and oxygen atoms in total. The Kier molecular flexibility index (Phi) is 5.08. The van der Waals surface area contributed by atoms with Gasteiger partial charge in [0.05, 0.1) is 6.54 Å². The van der Waals surface area contributed by atoms with Crippen molar-refractivity contribution in [1.82, 2.24) is 20.2 Å². The third-order valence-corrected chi connectivity index (χ3v) is 4.44. The van der Waals surface area contributed by atoms with Gasteiger partial charge in [-0.3, -0.25) is 0 Å². The molecular weight excluding hydrogens is 280 g/mol. The molecule has 120 valence electrons. The van der Waals surface area contributed by atoms with Gasteiger partial charge < -0.3 is 15.0 Å². The van der Waals surface area contributed by atoms with Crippen molar-refractivity contribution >= 4 is 6.03 Å². The Labute approximate surface area is 131 Å². The molecule has 1 aromatic heterocycles. The number of rotatable bonds is 3. The number of nitrogens with zero attached hydrogens (tertiary/aromatic N) is 3. The normalized spacial score (nSPS) is 23.1. The Morgan fingerprint density at radius 2 is 2.09 bits per heavy atom. The van der Waals surface area contributed by atoms with Crippen molar-refractivity contribution in [3.8, 4) is 5.88 Å². The molecule has 0 aromatic carbocycles. The summed E-state index contributed by atoms with van der Waals surface area (Å²) in [5, 5.41) is 3.18. The lowest BCUT2D eigenvalue weighted by Gasteiger charge is -2.34. The number of carbonyl (C=O) groups excluding carboxylic acids is 1. The molecule has 1 N–H and O–H groups in total. The molecule has 1 saturated carbocycles. The molecule has 1 unspecified atom stereocenters. The standard InChI is InChI=1S/C16H24N4O2/c21-16(19-13-5-2-1-3-6-13)20-10-4-7-14(11-20)22-15-8-9-17-12-18-15/h8-9,12-14H,1-7,10-11H2,(H,19,21). The van der Waals surface area contributed by atoms with Crippen molar-refractivity contribution in [1.29, 1.82) is 0 Å². The third kappa shape index (κ3) is 4.08. The summed E-state index contributed by atoms with van der Waals surface area (Å²) in [4.78, 5) is 22.2. The maximum atomic E-state index is 12.4. The lowest BCUT2D eigenvalue weighted by Crippen LogP contribution is -2.51. The second kappa shape index (κ2) is 7.42. The van der Waals surface area contributed by atoms with Crippen LogP contribution < -0.4 is 10.1 Å². The van der Waals surface area contributed by atoms with Crippen molar-refractivity contribution in [2.75, 3.05) is 13.1 Å². The van der Waals surface area contributed by atoms with Crippen molar-refractivity contribution in [2.24, 2.45) is 0 Å². The highest BCUT2D eigenvalue weighted by molar-refractivity contribution is 5.74. The summed E-state index contributed by atoms with van der Waals surface area (Å²) >= 11 is 0. The number of carbonyl (C=O) groups is 1. The lowest BCUT2D eigenvalue weighted by molar-refractivity contribution is 0.0959. The van der Waals surface area contributed by atoms with E-state index in [-0.39, 0.29) is 12.1 Å². The van der Waals surface area contributed by atoms with Crippen molar-refractivity contribution < 1.29 is 9.53 Å². The average Bonchev–Trinajstić information content (AvgIpc) is 2.57. The number of hydrogen-bond donors (Lipinski definition) is 1. The van der Waals surface area contributed by atoms with Crippen LogP contribution in [0.5, 0.6) is 5.88 Å². The van der Waals surface area contributed by atoms with Gasteiger partial charge >= 0.3 is 6.03 Å². The van der Waals surface area contributed by atoms with Crippen LogP contribution in [0.1, 0.15) is 44.9 Å². The molecule has 1 aliphatic carbocycles. The third-order valence-electron chi connectivity index (χ3n) is 4.44. The van der Waals surface area contributed by atoms with E-state index in [0.29, 0.717) is 18.5 Å². The second-order valence-electron chi connectivity index (χ2n) is 6.16. The Morgan fingerprint density at radius 3 is 2.86 bits per heavy atom. The van der Waals surface area contributed by atoms with Crippen LogP contribution in [0.4, 0.5) is 4.79 Å². The van der Waals surface area contributed by atoms with Crippen LogP contribution >= 0.6 is 0 Å². The largest absolute Gasteiger partial charge is 0.472 e. The highest BCUT2D eigenvalue weighted by Crippen LogP contribution is 2.19. The molecule has 1 aliphatic heterocycles. The van der Waals surface area contributed by atoms with Crippen molar-refractivity contribution in [3.05, 3.63) is 18.6 Å². The fourth-order valence-electron chi connectivity index (χ4n) is 3.25. The molecule has 6 heteroatoms. The minimum Gasteiger partial charge on any atom is -0.472 e. The first-order valence-corrected chi connectivity index (χ1v) is 8.29. The van der Waals surface area contributed by atoms with Crippen LogP contribution in [0, 0.1) is 0 Å². The Bertz CT molecular complexity index is 476. The van der Waals surface area contributed by atoms with Crippen molar-refractivity contribution in [3.63, 3.8) is 0 Å². The molecule has 3 rings (SSSR count). The van der Waals surface area contributed by atoms with Gasteiger partial charge in [0, 0.05) is 24.8 Å². The zero-order chi connectivity index (χ0) is 15.2. The summed E-state index contributed by atoms with van der Waals surface area (Å²) in [5.74, 6) is 0.578. The molecule has 0 bridgehead atoms. The molecule has 0 spiro atoms. The first kappa shape index (κ1) is 15.1. The quantitative estimate of drug-likeness (QED) is 0.931. The van der Waals surface area contributed by atoms with Gasteiger partial charge in [-0.25, -0.2) is 14.8 Å². The van der Waals surface area contributed by atoms with E-state index in [2.05, 4.69) is 15.3 Å². The minimum atomic E-state index is 0.0146. The molecule has 2 amide bonds. The molecule has 0 radical (unpaired) electrons. The predicted molar refractivity (Wildman–Crippen MR) is 82.7 cm³/mol. The van der Waals surface area contributed by atoms with Crippen LogP contribution in [-0.2, 0) is 0 Å². The zero-order valence-electron chi connectivity index (χ0n) is 12.9. The monoisotopic (exact) mass is 304 g/mol. The number of hydrogen-bond acceptors (Lipinski definition) is 4. The highest BCUT2D eigenvalue weighted by Gasteiger charge is 2.26. The predicted octanol–water partition coefficient (Wildman–Crippen LogP) is 2.36. The number of nitrogens with one attached hydrogen (secondary N) is 1. The van der Waals surface area contributed by atoms with Gasteiger partial charge in [-0.1, -0.05) is 19.3 Å². The number of aromatic nitrogens is 2. The summed E-state index contributed by atoms with van der Waals surface area (Å²) < 4.78 is 5.85. The SMILES string of the molecule is O=C(NC1CCCCC1)N1CCCC(Oc2ccncn2)C1. The molecule has 1 saturated heterocycles. The molecule has 22 heavy (non-hydrogen) atoms. The Balaban J connectivity index is 1.50. The minimum absolute atomic E-state index is 0.0146. The first-order chi connectivity index (χ1) is 10.8. The Morgan fingerprint density at radius 1 is 1.23 bits per heavy atom. The van der Waals surface area contributed by atoms with Gasteiger partial charge in [-0.05, 0) is 25.7 Å². The van der Waals surface area contributed by atoms with E-state index in [1.54, 1.807) is 12.3 Å². The van der Waals surface area contributed by atoms with E-state index in [0.717, 1.165) is 32.2 Å². The topological polar surface area (TPSA) is 67.4 Å². The highest BCUT2D eigenvalue weighted by atomic mass is 16.5. The summed E-state index contributed by atoms with van der Waals surface area (Å²) in [7, 11) is 0. The number of piperidine rings is 1. The van der Waals surface area contributed by atoms with Crippen LogP contribution in [0.3, 0.4) is 0 Å². The summed E-state index contributed by atoms with van der Waals surface area (Å²) in [5.41, 5.74) is 0. The van der Waals surface area contributed by atoms with E-state index in [9.17, 15) is 4.79 Å². The van der Waals surface area contributed by atoms with E-state index < -0.39 is 0 Å². The van der Waals surface area contributed by atoms with Gasteiger partial charge in [0.1, 0.15) is 12.4 Å². The molecule has 2 heterocycles. The fraction of sp³-hybridized carbons (Fsp3) is 0.688. The molecular formula is C16H24N4O2. The maximum Gasteiger partial charge on any atom is 0.317 e. The van der Waals surface area contributed by atoms with Gasteiger partial charge in [-0.15, -0.1) is 0 Å². The van der Waals surface area contributed by atoms with Crippen molar-refractivity contribution in [2.45, 2.75) is 57.1 Å².